The second-order valence-corrected chi connectivity index (χ2v) is 6.40. The molecule has 0 saturated carbocycles. The van der Waals surface area contributed by atoms with Crippen molar-refractivity contribution < 1.29 is 9.59 Å². The predicted molar refractivity (Wildman–Crippen MR) is 82.9 cm³/mol. The molecule has 21 heavy (non-hydrogen) atoms. The quantitative estimate of drug-likeness (QED) is 0.803. The van der Waals surface area contributed by atoms with Crippen LogP contribution in [0.5, 0.6) is 0 Å². The molecule has 0 aromatic heterocycles. The van der Waals surface area contributed by atoms with Gasteiger partial charge in [0.05, 0.1) is 0 Å². The van der Waals surface area contributed by atoms with Crippen LogP contribution in [0.3, 0.4) is 0 Å². The lowest BCUT2D eigenvalue weighted by atomic mass is 9.93. The van der Waals surface area contributed by atoms with Crippen LogP contribution in [0.1, 0.15) is 51.9 Å². The van der Waals surface area contributed by atoms with Gasteiger partial charge in [0, 0.05) is 13.0 Å². The van der Waals surface area contributed by atoms with Gasteiger partial charge in [0.25, 0.3) is 0 Å². The molecular weight excluding hydrogens is 266 g/mol. The summed E-state index contributed by atoms with van der Waals surface area (Å²) in [6, 6.07) is -0.319. The monoisotopic (exact) mass is 295 g/mol. The standard InChI is InChI=1S/C16H29N3O2/c1-2-9-19-10-6-13(7-11-19)12-15(20)18-14-5-3-4-8-17-16(14)21/h13-14H,2-12H2,1H3,(H,17,21)(H,18,20)/t14-/m0/s1. The third-order valence-electron chi connectivity index (χ3n) is 4.59. The molecular formula is C16H29N3O2. The Morgan fingerprint density at radius 2 is 2.05 bits per heavy atom. The van der Waals surface area contributed by atoms with Crippen molar-refractivity contribution in [2.45, 2.75) is 57.9 Å². The fraction of sp³-hybridized carbons (Fsp3) is 0.875. The van der Waals surface area contributed by atoms with E-state index in [1.807, 2.05) is 0 Å². The predicted octanol–water partition coefficient (Wildman–Crippen LogP) is 1.28. The number of likely N-dealkylation sites (tertiary alicyclic amines) is 1. The lowest BCUT2D eigenvalue weighted by Gasteiger charge is -2.31. The molecule has 0 aromatic rings. The van der Waals surface area contributed by atoms with Crippen molar-refractivity contribution in [2.75, 3.05) is 26.2 Å². The normalized spacial score (nSPS) is 25.2. The second kappa shape index (κ2) is 8.37. The van der Waals surface area contributed by atoms with Crippen molar-refractivity contribution in [3.8, 4) is 0 Å². The van der Waals surface area contributed by atoms with Crippen molar-refractivity contribution in [3.05, 3.63) is 0 Å². The highest BCUT2D eigenvalue weighted by Crippen LogP contribution is 2.20. The van der Waals surface area contributed by atoms with Gasteiger partial charge in [-0.05, 0) is 64.1 Å². The number of amides is 2. The number of rotatable bonds is 5. The highest BCUT2D eigenvalue weighted by atomic mass is 16.2. The van der Waals surface area contributed by atoms with Gasteiger partial charge in [-0.25, -0.2) is 0 Å². The highest BCUT2D eigenvalue weighted by molar-refractivity contribution is 5.87. The van der Waals surface area contributed by atoms with E-state index < -0.39 is 0 Å². The number of carbonyl (C=O) groups excluding carboxylic acids is 2. The Balaban J connectivity index is 1.71. The summed E-state index contributed by atoms with van der Waals surface area (Å²) in [5.41, 5.74) is 0. The number of hydrogen-bond donors (Lipinski definition) is 2. The average Bonchev–Trinajstić information content (AvgIpc) is 2.67. The lowest BCUT2D eigenvalue weighted by molar-refractivity contribution is -0.129. The van der Waals surface area contributed by atoms with Crippen molar-refractivity contribution in [1.29, 1.82) is 0 Å². The van der Waals surface area contributed by atoms with Gasteiger partial charge >= 0.3 is 0 Å². The van der Waals surface area contributed by atoms with E-state index in [0.29, 0.717) is 12.3 Å². The van der Waals surface area contributed by atoms with Gasteiger partial charge in [0.1, 0.15) is 6.04 Å². The van der Waals surface area contributed by atoms with E-state index in [1.54, 1.807) is 0 Å². The summed E-state index contributed by atoms with van der Waals surface area (Å²) in [5.74, 6) is 0.511. The third-order valence-corrected chi connectivity index (χ3v) is 4.59. The van der Waals surface area contributed by atoms with E-state index in [2.05, 4.69) is 22.5 Å². The molecule has 2 fully saturated rings. The first kappa shape index (κ1) is 16.3. The molecule has 2 rings (SSSR count). The summed E-state index contributed by atoms with van der Waals surface area (Å²) in [6.07, 6.45) is 6.75. The maximum atomic E-state index is 12.1. The van der Waals surface area contributed by atoms with Gasteiger partial charge < -0.3 is 15.5 Å². The Labute approximate surface area is 127 Å². The molecule has 2 aliphatic heterocycles. The Bertz CT molecular complexity index is 351. The number of nitrogens with one attached hydrogen (secondary N) is 2. The largest absolute Gasteiger partial charge is 0.354 e. The fourth-order valence-corrected chi connectivity index (χ4v) is 3.32. The van der Waals surface area contributed by atoms with E-state index in [1.165, 1.54) is 13.0 Å². The van der Waals surface area contributed by atoms with Crippen LogP contribution >= 0.6 is 0 Å². The number of nitrogens with zero attached hydrogens (tertiary/aromatic N) is 1. The molecule has 2 heterocycles. The topological polar surface area (TPSA) is 61.4 Å². The van der Waals surface area contributed by atoms with E-state index in [0.717, 1.165) is 51.7 Å². The van der Waals surface area contributed by atoms with E-state index in [4.69, 9.17) is 0 Å². The maximum Gasteiger partial charge on any atom is 0.242 e. The maximum absolute atomic E-state index is 12.1. The molecule has 0 radical (unpaired) electrons. The summed E-state index contributed by atoms with van der Waals surface area (Å²) in [7, 11) is 0. The lowest BCUT2D eigenvalue weighted by Crippen LogP contribution is -2.46. The van der Waals surface area contributed by atoms with Crippen LogP contribution in [0.4, 0.5) is 0 Å². The minimum atomic E-state index is -0.319. The van der Waals surface area contributed by atoms with Crippen LogP contribution < -0.4 is 10.6 Å². The van der Waals surface area contributed by atoms with Crippen LogP contribution in [0.2, 0.25) is 0 Å². The molecule has 0 bridgehead atoms. The summed E-state index contributed by atoms with van der Waals surface area (Å²) in [5, 5.41) is 5.79. The number of carbonyl (C=O) groups is 2. The summed E-state index contributed by atoms with van der Waals surface area (Å²) in [6.45, 7) is 6.32. The van der Waals surface area contributed by atoms with Gasteiger partial charge in [0.2, 0.25) is 11.8 Å². The fourth-order valence-electron chi connectivity index (χ4n) is 3.32. The molecule has 0 spiro atoms. The molecule has 1 atom stereocenters. The molecule has 5 nitrogen and oxygen atoms in total. The summed E-state index contributed by atoms with van der Waals surface area (Å²) >= 11 is 0. The van der Waals surface area contributed by atoms with Crippen LogP contribution in [0.15, 0.2) is 0 Å². The first-order chi connectivity index (χ1) is 10.2. The van der Waals surface area contributed by atoms with Crippen molar-refractivity contribution in [1.82, 2.24) is 15.5 Å². The van der Waals surface area contributed by atoms with Gasteiger partial charge in [-0.15, -0.1) is 0 Å². The van der Waals surface area contributed by atoms with E-state index in [9.17, 15) is 9.59 Å². The Morgan fingerprint density at radius 1 is 1.29 bits per heavy atom. The van der Waals surface area contributed by atoms with E-state index >= 15 is 0 Å². The number of piperidine rings is 1. The highest BCUT2D eigenvalue weighted by Gasteiger charge is 2.25. The van der Waals surface area contributed by atoms with Gasteiger partial charge in [-0.1, -0.05) is 6.92 Å². The first-order valence-corrected chi connectivity index (χ1v) is 8.48. The van der Waals surface area contributed by atoms with E-state index in [-0.39, 0.29) is 17.9 Å². The molecule has 2 amide bonds. The van der Waals surface area contributed by atoms with Crippen LogP contribution in [-0.4, -0.2) is 48.9 Å². The molecule has 5 heteroatoms. The first-order valence-electron chi connectivity index (χ1n) is 8.48. The minimum Gasteiger partial charge on any atom is -0.354 e. The van der Waals surface area contributed by atoms with Crippen molar-refractivity contribution in [3.63, 3.8) is 0 Å². The SMILES string of the molecule is CCCN1CCC(CC(=O)N[C@H]2CCCCNC2=O)CC1. The van der Waals surface area contributed by atoms with Gasteiger partial charge in [0.15, 0.2) is 0 Å². The van der Waals surface area contributed by atoms with Crippen molar-refractivity contribution >= 4 is 11.8 Å². The van der Waals surface area contributed by atoms with Gasteiger partial charge in [-0.2, -0.15) is 0 Å². The molecule has 2 aliphatic rings. The molecule has 0 unspecified atom stereocenters. The van der Waals surface area contributed by atoms with Crippen LogP contribution in [-0.2, 0) is 9.59 Å². The van der Waals surface area contributed by atoms with Crippen LogP contribution in [0.25, 0.3) is 0 Å². The zero-order chi connectivity index (χ0) is 15.1. The summed E-state index contributed by atoms with van der Waals surface area (Å²) < 4.78 is 0. The van der Waals surface area contributed by atoms with Crippen LogP contribution in [0, 0.1) is 5.92 Å². The third kappa shape index (κ3) is 5.30. The molecule has 0 aromatic carbocycles. The molecule has 2 N–H and O–H groups in total. The number of hydrogen-bond acceptors (Lipinski definition) is 3. The van der Waals surface area contributed by atoms with Crippen molar-refractivity contribution in [2.24, 2.45) is 5.92 Å². The van der Waals surface area contributed by atoms with Gasteiger partial charge in [-0.3, -0.25) is 9.59 Å². The second-order valence-electron chi connectivity index (χ2n) is 6.40. The Kier molecular flexibility index (Phi) is 6.49. The smallest absolute Gasteiger partial charge is 0.242 e. The minimum absolute atomic E-state index is 0.0152. The average molecular weight is 295 g/mol. The summed E-state index contributed by atoms with van der Waals surface area (Å²) in [4.78, 5) is 26.4. The zero-order valence-corrected chi connectivity index (χ0v) is 13.2. The Hall–Kier alpha value is -1.10. The molecule has 0 aliphatic carbocycles. The molecule has 2 saturated heterocycles. The molecule has 120 valence electrons. The zero-order valence-electron chi connectivity index (χ0n) is 13.2. The Morgan fingerprint density at radius 3 is 2.76 bits per heavy atom.